The number of rotatable bonds is 4. The van der Waals surface area contributed by atoms with Crippen molar-refractivity contribution in [3.63, 3.8) is 0 Å². The zero-order valence-electron chi connectivity index (χ0n) is 10.6. The molecule has 0 amide bonds. The summed E-state index contributed by atoms with van der Waals surface area (Å²) in [5.41, 5.74) is 3.76. The van der Waals surface area contributed by atoms with Crippen molar-refractivity contribution in [1.29, 1.82) is 0 Å². The number of nitrogens with zero attached hydrogens (tertiary/aromatic N) is 3. The standard InChI is InChI=1S/C13H13ClN4O/c1-9-16-12(14)7-13(17-9)18-15-8-10-3-5-11(19-2)6-4-10/h3-8H,1-2H3,(H,16,17,18)/b15-8+. The lowest BCUT2D eigenvalue weighted by molar-refractivity contribution is 0.415. The van der Waals surface area contributed by atoms with Gasteiger partial charge in [0.25, 0.3) is 0 Å². The predicted octanol–water partition coefficient (Wildman–Crippen LogP) is 2.89. The number of anilines is 1. The monoisotopic (exact) mass is 276 g/mol. The highest BCUT2D eigenvalue weighted by Gasteiger charge is 1.97. The van der Waals surface area contributed by atoms with Crippen molar-refractivity contribution in [2.75, 3.05) is 12.5 Å². The Morgan fingerprint density at radius 1 is 1.26 bits per heavy atom. The molecule has 1 heterocycles. The molecule has 5 nitrogen and oxygen atoms in total. The van der Waals surface area contributed by atoms with E-state index >= 15 is 0 Å². The molecule has 0 aliphatic heterocycles. The van der Waals surface area contributed by atoms with Crippen LogP contribution in [0.4, 0.5) is 5.82 Å². The second kappa shape index (κ2) is 6.15. The first-order valence-electron chi connectivity index (χ1n) is 5.61. The Labute approximate surface area is 116 Å². The van der Waals surface area contributed by atoms with Crippen molar-refractivity contribution < 1.29 is 4.74 Å². The maximum atomic E-state index is 5.82. The van der Waals surface area contributed by atoms with Crippen LogP contribution in [0.2, 0.25) is 5.15 Å². The van der Waals surface area contributed by atoms with Gasteiger partial charge in [-0.15, -0.1) is 0 Å². The number of ether oxygens (including phenoxy) is 1. The zero-order chi connectivity index (χ0) is 13.7. The molecule has 2 rings (SSSR count). The second-order valence-electron chi connectivity index (χ2n) is 3.77. The van der Waals surface area contributed by atoms with E-state index in [1.807, 2.05) is 24.3 Å². The van der Waals surface area contributed by atoms with E-state index in [2.05, 4.69) is 20.5 Å². The third kappa shape index (κ3) is 3.93. The van der Waals surface area contributed by atoms with Crippen molar-refractivity contribution in [2.24, 2.45) is 5.10 Å². The number of methoxy groups -OCH3 is 1. The molecule has 0 unspecified atom stereocenters. The predicted molar refractivity (Wildman–Crippen MR) is 76.0 cm³/mol. The van der Waals surface area contributed by atoms with Crippen LogP contribution in [0.25, 0.3) is 0 Å². The molecular weight excluding hydrogens is 264 g/mol. The van der Waals surface area contributed by atoms with E-state index in [1.54, 1.807) is 26.3 Å². The fourth-order valence-electron chi connectivity index (χ4n) is 1.45. The summed E-state index contributed by atoms with van der Waals surface area (Å²) in [6.45, 7) is 1.77. The number of aryl methyl sites for hydroxylation is 1. The Kier molecular flexibility index (Phi) is 4.30. The highest BCUT2D eigenvalue weighted by Crippen LogP contribution is 2.12. The molecule has 0 saturated heterocycles. The molecule has 0 aliphatic rings. The minimum absolute atomic E-state index is 0.384. The summed E-state index contributed by atoms with van der Waals surface area (Å²) in [6.07, 6.45) is 1.69. The number of benzene rings is 1. The van der Waals surface area contributed by atoms with Crippen LogP contribution < -0.4 is 10.2 Å². The largest absolute Gasteiger partial charge is 0.497 e. The van der Waals surface area contributed by atoms with Crippen LogP contribution in [0.5, 0.6) is 5.75 Å². The summed E-state index contributed by atoms with van der Waals surface area (Å²) in [5, 5.41) is 4.47. The van der Waals surface area contributed by atoms with Gasteiger partial charge in [-0.3, -0.25) is 5.43 Å². The van der Waals surface area contributed by atoms with Crippen LogP contribution in [-0.4, -0.2) is 23.3 Å². The summed E-state index contributed by atoms with van der Waals surface area (Å²) in [4.78, 5) is 8.12. The van der Waals surface area contributed by atoms with Crippen LogP contribution in [0.1, 0.15) is 11.4 Å². The molecule has 0 fully saturated rings. The number of halogens is 1. The molecule has 0 aliphatic carbocycles. The molecule has 98 valence electrons. The van der Waals surface area contributed by atoms with Gasteiger partial charge in [-0.1, -0.05) is 11.6 Å². The van der Waals surface area contributed by atoms with E-state index in [4.69, 9.17) is 16.3 Å². The Balaban J connectivity index is 2.02. The molecule has 1 aromatic heterocycles. The van der Waals surface area contributed by atoms with E-state index < -0.39 is 0 Å². The van der Waals surface area contributed by atoms with Gasteiger partial charge in [-0.25, -0.2) is 9.97 Å². The van der Waals surface area contributed by atoms with Gasteiger partial charge in [-0.2, -0.15) is 5.10 Å². The first kappa shape index (κ1) is 13.3. The normalized spacial score (nSPS) is 10.7. The third-order valence-corrected chi connectivity index (χ3v) is 2.51. The van der Waals surface area contributed by atoms with E-state index in [9.17, 15) is 0 Å². The van der Waals surface area contributed by atoms with E-state index in [0.717, 1.165) is 11.3 Å². The zero-order valence-corrected chi connectivity index (χ0v) is 11.3. The van der Waals surface area contributed by atoms with Crippen LogP contribution in [0.3, 0.4) is 0 Å². The summed E-state index contributed by atoms with van der Waals surface area (Å²) >= 11 is 5.82. The van der Waals surface area contributed by atoms with E-state index in [0.29, 0.717) is 16.8 Å². The SMILES string of the molecule is COc1ccc(/C=N/Nc2cc(Cl)nc(C)n2)cc1. The van der Waals surface area contributed by atoms with E-state index in [-0.39, 0.29) is 0 Å². The quantitative estimate of drug-likeness (QED) is 0.530. The smallest absolute Gasteiger partial charge is 0.151 e. The van der Waals surface area contributed by atoms with Crippen LogP contribution >= 0.6 is 11.6 Å². The molecule has 0 bridgehead atoms. The van der Waals surface area contributed by atoms with Gasteiger partial charge in [0.05, 0.1) is 13.3 Å². The second-order valence-corrected chi connectivity index (χ2v) is 4.15. The van der Waals surface area contributed by atoms with Crippen molar-refractivity contribution in [2.45, 2.75) is 6.92 Å². The average molecular weight is 277 g/mol. The summed E-state index contributed by atoms with van der Waals surface area (Å²) in [5.74, 6) is 1.96. The van der Waals surface area contributed by atoms with Gasteiger partial charge >= 0.3 is 0 Å². The highest BCUT2D eigenvalue weighted by molar-refractivity contribution is 6.29. The Hall–Kier alpha value is -2.14. The fourth-order valence-corrected chi connectivity index (χ4v) is 1.68. The van der Waals surface area contributed by atoms with Crippen LogP contribution in [0, 0.1) is 6.92 Å². The number of aromatic nitrogens is 2. The molecule has 1 N–H and O–H groups in total. The first-order chi connectivity index (χ1) is 9.17. The Morgan fingerprint density at radius 3 is 2.63 bits per heavy atom. The average Bonchev–Trinajstić information content (AvgIpc) is 2.38. The van der Waals surface area contributed by atoms with Crippen molar-refractivity contribution >= 4 is 23.6 Å². The third-order valence-electron chi connectivity index (χ3n) is 2.32. The molecule has 0 saturated carbocycles. The maximum absolute atomic E-state index is 5.82. The van der Waals surface area contributed by atoms with Gasteiger partial charge < -0.3 is 4.74 Å². The molecule has 6 heteroatoms. The molecule has 1 aromatic carbocycles. The minimum Gasteiger partial charge on any atom is -0.497 e. The van der Waals surface area contributed by atoms with Crippen molar-refractivity contribution in [3.8, 4) is 5.75 Å². The van der Waals surface area contributed by atoms with Gasteiger partial charge in [0.15, 0.2) is 5.82 Å². The number of hydrogen-bond donors (Lipinski definition) is 1. The molecule has 0 radical (unpaired) electrons. The van der Waals surface area contributed by atoms with Gasteiger partial charge in [-0.05, 0) is 36.8 Å². The number of nitrogens with one attached hydrogen (secondary N) is 1. The lowest BCUT2D eigenvalue weighted by Gasteiger charge is -2.01. The molecule has 0 atom stereocenters. The number of hydrogen-bond acceptors (Lipinski definition) is 5. The first-order valence-corrected chi connectivity index (χ1v) is 5.99. The van der Waals surface area contributed by atoms with Crippen molar-refractivity contribution in [3.05, 3.63) is 46.9 Å². The van der Waals surface area contributed by atoms with Crippen molar-refractivity contribution in [1.82, 2.24) is 9.97 Å². The van der Waals surface area contributed by atoms with Crippen LogP contribution in [0.15, 0.2) is 35.4 Å². The lowest BCUT2D eigenvalue weighted by Crippen LogP contribution is -1.97. The molecule has 2 aromatic rings. The Morgan fingerprint density at radius 2 is 2.00 bits per heavy atom. The Bertz CT molecular complexity index is 563. The van der Waals surface area contributed by atoms with Gasteiger partial charge in [0, 0.05) is 6.07 Å². The summed E-state index contributed by atoms with van der Waals surface area (Å²) in [6, 6.07) is 9.16. The summed E-state index contributed by atoms with van der Waals surface area (Å²) < 4.78 is 5.08. The lowest BCUT2D eigenvalue weighted by atomic mass is 10.2. The highest BCUT2D eigenvalue weighted by atomic mass is 35.5. The van der Waals surface area contributed by atoms with E-state index in [1.165, 1.54) is 0 Å². The molecular formula is C13H13ClN4O. The molecule has 19 heavy (non-hydrogen) atoms. The summed E-state index contributed by atoms with van der Waals surface area (Å²) in [7, 11) is 1.63. The topological polar surface area (TPSA) is 59.4 Å². The van der Waals surface area contributed by atoms with Gasteiger partial charge in [0.2, 0.25) is 0 Å². The fraction of sp³-hybridized carbons (Fsp3) is 0.154. The number of hydrazone groups is 1. The van der Waals surface area contributed by atoms with Crippen LogP contribution in [-0.2, 0) is 0 Å². The molecule has 0 spiro atoms. The minimum atomic E-state index is 0.384. The maximum Gasteiger partial charge on any atom is 0.151 e. The van der Waals surface area contributed by atoms with Gasteiger partial charge in [0.1, 0.15) is 16.7 Å².